The van der Waals surface area contributed by atoms with Crippen LogP contribution in [0.25, 0.3) is 17.0 Å². The fourth-order valence-electron chi connectivity index (χ4n) is 2.89. The molecule has 0 atom stereocenters. The van der Waals surface area contributed by atoms with Gasteiger partial charge in [0.2, 0.25) is 5.78 Å². The summed E-state index contributed by atoms with van der Waals surface area (Å²) in [4.78, 5) is 26.7. The van der Waals surface area contributed by atoms with Gasteiger partial charge in [0.05, 0.1) is 30.8 Å². The van der Waals surface area contributed by atoms with Crippen molar-refractivity contribution >= 4 is 40.1 Å². The van der Waals surface area contributed by atoms with Crippen molar-refractivity contribution in [3.8, 4) is 17.6 Å². The Kier molecular flexibility index (Phi) is 5.52. The number of methoxy groups -OCH3 is 2. The third-order valence-corrected chi connectivity index (χ3v) is 4.52. The van der Waals surface area contributed by atoms with Crippen LogP contribution < -0.4 is 9.47 Å². The SMILES string of the molecule is COc1cc(/C=C(/C#N)C(=O)c2c[nH]c3cc(Cl)ccc23)c([N+](=O)[O-])cc1OC. The number of fused-ring (bicyclic) bond motifs is 1. The van der Waals surface area contributed by atoms with Gasteiger partial charge in [-0.1, -0.05) is 17.7 Å². The number of nitrogens with one attached hydrogen (secondary N) is 1. The average Bonchev–Trinajstić information content (AvgIpc) is 3.13. The number of aromatic amines is 1. The summed E-state index contributed by atoms with van der Waals surface area (Å²) in [5, 5.41) is 22.1. The largest absolute Gasteiger partial charge is 0.493 e. The van der Waals surface area contributed by atoms with Crippen LogP contribution in [0.3, 0.4) is 0 Å². The molecule has 0 bridgehead atoms. The molecule has 0 spiro atoms. The third-order valence-electron chi connectivity index (χ3n) is 4.28. The Bertz CT molecular complexity index is 1210. The number of ketones is 1. The van der Waals surface area contributed by atoms with E-state index in [2.05, 4.69) is 4.98 Å². The third kappa shape index (κ3) is 3.77. The fourth-order valence-corrected chi connectivity index (χ4v) is 3.07. The number of allylic oxidation sites excluding steroid dienone is 1. The number of ether oxygens (including phenoxy) is 2. The van der Waals surface area contributed by atoms with Crippen molar-refractivity contribution in [3.05, 3.63) is 68.4 Å². The van der Waals surface area contributed by atoms with Gasteiger partial charge in [-0.05, 0) is 24.3 Å². The van der Waals surface area contributed by atoms with Crippen molar-refractivity contribution in [1.29, 1.82) is 5.26 Å². The summed E-state index contributed by atoms with van der Waals surface area (Å²) in [5.74, 6) is -0.185. The highest BCUT2D eigenvalue weighted by Gasteiger charge is 2.22. The Morgan fingerprint density at radius 1 is 1.24 bits per heavy atom. The molecule has 8 nitrogen and oxygen atoms in total. The lowest BCUT2D eigenvalue weighted by Gasteiger charge is -2.09. The Labute approximate surface area is 170 Å². The summed E-state index contributed by atoms with van der Waals surface area (Å²) in [6.45, 7) is 0. The number of rotatable bonds is 6. The second-order valence-corrected chi connectivity index (χ2v) is 6.35. The van der Waals surface area contributed by atoms with Crippen molar-refractivity contribution in [3.63, 3.8) is 0 Å². The topological polar surface area (TPSA) is 118 Å². The van der Waals surface area contributed by atoms with Crippen molar-refractivity contribution in [2.24, 2.45) is 0 Å². The number of H-pyrrole nitrogens is 1. The maximum Gasteiger partial charge on any atom is 0.280 e. The van der Waals surface area contributed by atoms with Gasteiger partial charge < -0.3 is 14.5 Å². The lowest BCUT2D eigenvalue weighted by Crippen LogP contribution is -2.02. The van der Waals surface area contributed by atoms with Crippen LogP contribution in [0.5, 0.6) is 11.5 Å². The number of nitrogens with zero attached hydrogens (tertiary/aromatic N) is 2. The minimum atomic E-state index is -0.624. The van der Waals surface area contributed by atoms with Gasteiger partial charge >= 0.3 is 0 Å². The van der Waals surface area contributed by atoms with Crippen LogP contribution in [0.4, 0.5) is 5.69 Å². The number of hydrogen-bond donors (Lipinski definition) is 1. The molecule has 0 saturated carbocycles. The lowest BCUT2D eigenvalue weighted by atomic mass is 10.0. The summed E-state index contributed by atoms with van der Waals surface area (Å²) in [7, 11) is 2.73. The minimum absolute atomic E-state index is 0.0421. The molecule has 0 saturated heterocycles. The second-order valence-electron chi connectivity index (χ2n) is 5.91. The van der Waals surface area contributed by atoms with Gasteiger partial charge in [-0.25, -0.2) is 0 Å². The molecule has 29 heavy (non-hydrogen) atoms. The number of nitro groups is 1. The molecule has 146 valence electrons. The normalized spacial score (nSPS) is 11.2. The zero-order valence-electron chi connectivity index (χ0n) is 15.4. The van der Waals surface area contributed by atoms with Crippen LogP contribution in [0.1, 0.15) is 15.9 Å². The molecule has 0 aliphatic heterocycles. The van der Waals surface area contributed by atoms with E-state index in [1.165, 1.54) is 32.5 Å². The number of hydrogen-bond acceptors (Lipinski definition) is 6. The van der Waals surface area contributed by atoms with Crippen LogP contribution in [-0.4, -0.2) is 29.9 Å². The van der Waals surface area contributed by atoms with Crippen LogP contribution in [0.2, 0.25) is 5.02 Å². The smallest absolute Gasteiger partial charge is 0.280 e. The van der Waals surface area contributed by atoms with Crippen molar-refractivity contribution < 1.29 is 19.2 Å². The van der Waals surface area contributed by atoms with Gasteiger partial charge in [-0.15, -0.1) is 0 Å². The van der Waals surface area contributed by atoms with Gasteiger partial charge in [0.1, 0.15) is 11.6 Å². The fraction of sp³-hybridized carbons (Fsp3) is 0.100. The molecule has 0 aliphatic rings. The summed E-state index contributed by atoms with van der Waals surface area (Å²) in [6.07, 6.45) is 2.63. The van der Waals surface area contributed by atoms with E-state index >= 15 is 0 Å². The number of carbonyl (C=O) groups excluding carboxylic acids is 1. The molecule has 9 heteroatoms. The molecule has 3 rings (SSSR count). The Hall–Kier alpha value is -3.83. The van der Waals surface area contributed by atoms with Crippen LogP contribution in [-0.2, 0) is 0 Å². The molecule has 0 amide bonds. The van der Waals surface area contributed by atoms with Crippen molar-refractivity contribution in [1.82, 2.24) is 4.98 Å². The van der Waals surface area contributed by atoms with Gasteiger partial charge in [0, 0.05) is 27.7 Å². The molecule has 1 aromatic heterocycles. The Balaban J connectivity index is 2.13. The number of halogens is 1. The van der Waals surface area contributed by atoms with E-state index in [4.69, 9.17) is 21.1 Å². The van der Waals surface area contributed by atoms with Crippen LogP contribution in [0.15, 0.2) is 42.1 Å². The van der Waals surface area contributed by atoms with Gasteiger partial charge in [-0.3, -0.25) is 14.9 Å². The zero-order chi connectivity index (χ0) is 21.1. The van der Waals surface area contributed by atoms with Gasteiger partial charge in [0.25, 0.3) is 5.69 Å². The molecule has 1 heterocycles. The molecule has 2 aromatic carbocycles. The summed E-state index contributed by atoms with van der Waals surface area (Å²) >= 11 is 5.95. The highest BCUT2D eigenvalue weighted by molar-refractivity contribution is 6.31. The van der Waals surface area contributed by atoms with E-state index < -0.39 is 10.7 Å². The lowest BCUT2D eigenvalue weighted by molar-refractivity contribution is -0.385. The molecule has 0 fully saturated rings. The van der Waals surface area contributed by atoms with E-state index in [9.17, 15) is 20.2 Å². The first-order chi connectivity index (χ1) is 13.9. The maximum atomic E-state index is 12.9. The molecule has 0 radical (unpaired) electrons. The molecule has 0 aliphatic carbocycles. The number of nitriles is 1. The Morgan fingerprint density at radius 3 is 2.55 bits per heavy atom. The Morgan fingerprint density at radius 2 is 1.93 bits per heavy atom. The first-order valence-corrected chi connectivity index (χ1v) is 8.61. The van der Waals surface area contributed by atoms with E-state index in [0.717, 1.165) is 6.08 Å². The van der Waals surface area contributed by atoms with E-state index in [1.54, 1.807) is 18.2 Å². The minimum Gasteiger partial charge on any atom is -0.493 e. The summed E-state index contributed by atoms with van der Waals surface area (Å²) in [6, 6.07) is 9.29. The maximum absolute atomic E-state index is 12.9. The van der Waals surface area contributed by atoms with E-state index in [0.29, 0.717) is 15.9 Å². The molecular weight excluding hydrogens is 398 g/mol. The summed E-state index contributed by atoms with van der Waals surface area (Å²) in [5.41, 5.74) is 0.341. The number of aromatic nitrogens is 1. The summed E-state index contributed by atoms with van der Waals surface area (Å²) < 4.78 is 10.2. The van der Waals surface area contributed by atoms with Crippen molar-refractivity contribution in [2.75, 3.05) is 14.2 Å². The molecule has 3 aromatic rings. The number of nitro benzene ring substituents is 1. The zero-order valence-corrected chi connectivity index (χ0v) is 16.1. The predicted octanol–water partition coefficient (Wildman–Crippen LogP) is 4.54. The average molecular weight is 412 g/mol. The predicted molar refractivity (Wildman–Crippen MR) is 107 cm³/mol. The van der Waals surface area contributed by atoms with Gasteiger partial charge in [0.15, 0.2) is 11.5 Å². The second kappa shape index (κ2) is 8.04. The highest BCUT2D eigenvalue weighted by atomic mass is 35.5. The highest BCUT2D eigenvalue weighted by Crippen LogP contribution is 2.36. The number of benzene rings is 2. The molecule has 1 N–H and O–H groups in total. The monoisotopic (exact) mass is 411 g/mol. The van der Waals surface area contributed by atoms with Crippen LogP contribution >= 0.6 is 11.6 Å². The molecular formula is C20H14ClN3O5. The number of carbonyl (C=O) groups is 1. The van der Waals surface area contributed by atoms with Crippen molar-refractivity contribution in [2.45, 2.75) is 0 Å². The molecule has 0 unspecified atom stereocenters. The van der Waals surface area contributed by atoms with E-state index in [1.807, 2.05) is 6.07 Å². The van der Waals surface area contributed by atoms with Crippen LogP contribution in [0, 0.1) is 21.4 Å². The number of Topliss-reactive ketones (excluding diaryl/α,β-unsaturated/α-hetero) is 1. The standard InChI is InChI=1S/C20H14ClN3O5/c1-28-18-6-11(17(24(26)27)8-19(18)29-2)5-12(9-22)20(25)15-10-23-16-7-13(21)3-4-14(15)16/h3-8,10,23H,1-2H3/b12-5-. The van der Waals surface area contributed by atoms with E-state index in [-0.39, 0.29) is 33.9 Å². The first kappa shape index (κ1) is 19.9. The van der Waals surface area contributed by atoms with Gasteiger partial charge in [-0.2, -0.15) is 5.26 Å². The first-order valence-electron chi connectivity index (χ1n) is 8.23. The quantitative estimate of drug-likeness (QED) is 0.209.